The molecule has 0 bridgehead atoms. The lowest BCUT2D eigenvalue weighted by Crippen LogP contribution is -2.67. The molecule has 0 spiro atoms. The Bertz CT molecular complexity index is 2160. The number of hydrogen-bond donors (Lipinski definition) is 4. The lowest BCUT2D eigenvalue weighted by Gasteiger charge is -2.53. The van der Waals surface area contributed by atoms with Gasteiger partial charge in [-0.1, -0.05) is 97.9 Å². The summed E-state index contributed by atoms with van der Waals surface area (Å²) in [7, 11) is 3.09. The summed E-state index contributed by atoms with van der Waals surface area (Å²) in [5, 5.41) is 36.0. The summed E-state index contributed by atoms with van der Waals surface area (Å²) < 4.78 is 23.4. The van der Waals surface area contributed by atoms with Crippen molar-refractivity contribution in [3.05, 3.63) is 148 Å². The molecule has 1 amide bonds. The number of likely N-dealkylation sites (N-methyl/N-ethyl adjacent to an activating group) is 1. The van der Waals surface area contributed by atoms with Crippen LogP contribution in [0.2, 0.25) is 0 Å². The summed E-state index contributed by atoms with van der Waals surface area (Å²) in [6.45, 7) is 2.36. The monoisotopic (exact) mass is 731 g/mol. The fourth-order valence-electron chi connectivity index (χ4n) is 8.56. The topological polar surface area (TPSA) is 154 Å². The van der Waals surface area contributed by atoms with Gasteiger partial charge < -0.3 is 30.7 Å². The summed E-state index contributed by atoms with van der Waals surface area (Å²) in [5.41, 5.74) is 3.30. The highest BCUT2D eigenvalue weighted by molar-refractivity contribution is 6.24. The van der Waals surface area contributed by atoms with Crippen molar-refractivity contribution in [2.75, 3.05) is 19.0 Å². The number of halogens is 1. The van der Waals surface area contributed by atoms with Gasteiger partial charge in [-0.2, -0.15) is 0 Å². The first-order chi connectivity index (χ1) is 25.8. The van der Waals surface area contributed by atoms with E-state index >= 15 is 4.39 Å². The van der Waals surface area contributed by atoms with E-state index in [-0.39, 0.29) is 41.9 Å². The molecule has 4 atom stereocenters. The normalized spacial score (nSPS) is 23.5. The number of fused-ring (bicyclic) bond motifs is 3. The van der Waals surface area contributed by atoms with Gasteiger partial charge in [0.2, 0.25) is 5.78 Å². The Labute approximate surface area is 312 Å². The number of rotatable bonds is 10. The highest BCUT2D eigenvalue weighted by atomic mass is 19.1. The number of aliphatic hydroxyl groups excluding tert-OH is 2. The standard InChI is InChI=1S/C43H42FN3O7/c1-42-20-28-30(44)19-31(47(22-25-13-7-4-8-14-25)23-26-15-9-5-10-16-26)38(54-24-27-17-11-6-12-18-27)32(28)36(48)34(42)40(51)43(53)29(21-42)35(46(2)3)37(49)33(39(43)50)41(45)52/h4-19,29,35,48,50,53H,20-24H2,1-3H3,(H2,45,52)/t29-,35-,42-,43+/m0/s1. The first-order valence-corrected chi connectivity index (χ1v) is 17.8. The molecule has 0 aromatic heterocycles. The Morgan fingerprint density at radius 1 is 0.907 bits per heavy atom. The van der Waals surface area contributed by atoms with Crippen LogP contribution in [-0.2, 0) is 40.5 Å². The van der Waals surface area contributed by atoms with Gasteiger partial charge in [0.1, 0.15) is 29.5 Å². The molecular weight excluding hydrogens is 689 g/mol. The first-order valence-electron chi connectivity index (χ1n) is 17.8. The van der Waals surface area contributed by atoms with E-state index in [1.54, 1.807) is 21.0 Å². The number of hydrogen-bond acceptors (Lipinski definition) is 9. The van der Waals surface area contributed by atoms with Gasteiger partial charge in [0.25, 0.3) is 5.91 Å². The maximum Gasteiger partial charge on any atom is 0.255 e. The molecule has 0 unspecified atom stereocenters. The van der Waals surface area contributed by atoms with Gasteiger partial charge in [0, 0.05) is 41.6 Å². The van der Waals surface area contributed by atoms with Crippen LogP contribution in [0, 0.1) is 17.2 Å². The molecule has 0 aliphatic heterocycles. The van der Waals surface area contributed by atoms with Crippen LogP contribution in [0.1, 0.15) is 41.2 Å². The van der Waals surface area contributed by atoms with Crippen LogP contribution in [-0.4, -0.2) is 63.4 Å². The van der Waals surface area contributed by atoms with E-state index in [2.05, 4.69) is 0 Å². The fourth-order valence-corrected chi connectivity index (χ4v) is 8.56. The van der Waals surface area contributed by atoms with Crippen molar-refractivity contribution in [3.63, 3.8) is 0 Å². The van der Waals surface area contributed by atoms with Gasteiger partial charge >= 0.3 is 0 Å². The van der Waals surface area contributed by atoms with Crippen molar-refractivity contribution in [1.82, 2.24) is 4.90 Å². The van der Waals surface area contributed by atoms with E-state index < -0.39 is 63.4 Å². The predicted molar refractivity (Wildman–Crippen MR) is 201 cm³/mol. The zero-order valence-corrected chi connectivity index (χ0v) is 30.3. The first kappa shape index (κ1) is 36.6. The maximum atomic E-state index is 16.9. The lowest BCUT2D eigenvalue weighted by atomic mass is 9.52. The maximum absolute atomic E-state index is 16.9. The molecule has 0 radical (unpaired) electrons. The van der Waals surface area contributed by atoms with Crippen LogP contribution in [0.25, 0.3) is 5.76 Å². The van der Waals surface area contributed by atoms with E-state index in [4.69, 9.17) is 10.5 Å². The number of Topliss-reactive ketones (excluding diaryl/α,β-unsaturated/α-hetero) is 2. The molecule has 0 saturated heterocycles. The molecule has 1 fully saturated rings. The van der Waals surface area contributed by atoms with E-state index in [0.717, 1.165) is 16.7 Å². The molecule has 3 aliphatic carbocycles. The SMILES string of the molecule is CN(C)[C@@H]1C(=O)C(C(N)=O)=C(O)[C@@]2(O)C(=O)C3=C(O)c4c(c(F)cc(N(Cc5ccccc5)Cc5ccccc5)c4OCc4ccccc4)C[C@@]3(C)C[C@@H]12. The number of benzene rings is 4. The molecule has 3 aliphatic rings. The van der Waals surface area contributed by atoms with E-state index in [1.807, 2.05) is 95.9 Å². The fraction of sp³-hybridized carbons (Fsp3) is 0.279. The molecule has 10 nitrogen and oxygen atoms in total. The molecule has 278 valence electrons. The number of nitrogens with zero attached hydrogens (tertiary/aromatic N) is 2. The number of carbonyl (C=O) groups excluding carboxylic acids is 3. The Hall–Kier alpha value is -5.78. The Balaban J connectivity index is 1.46. The molecule has 4 aromatic carbocycles. The number of amides is 1. The number of ketones is 2. The zero-order valence-electron chi connectivity index (χ0n) is 30.3. The molecule has 11 heteroatoms. The summed E-state index contributed by atoms with van der Waals surface area (Å²) in [6, 6.07) is 28.7. The third-order valence-corrected chi connectivity index (χ3v) is 11.0. The molecule has 4 aromatic rings. The van der Waals surface area contributed by atoms with Crippen LogP contribution < -0.4 is 15.4 Å². The van der Waals surface area contributed by atoms with Crippen molar-refractivity contribution in [3.8, 4) is 5.75 Å². The minimum atomic E-state index is -2.79. The minimum Gasteiger partial charge on any atom is -0.508 e. The molecule has 1 saturated carbocycles. The van der Waals surface area contributed by atoms with Crippen molar-refractivity contribution in [2.45, 2.75) is 51.1 Å². The summed E-state index contributed by atoms with van der Waals surface area (Å²) in [4.78, 5) is 44.2. The van der Waals surface area contributed by atoms with Crippen molar-refractivity contribution >= 4 is 28.9 Å². The van der Waals surface area contributed by atoms with E-state index in [9.17, 15) is 29.7 Å². The minimum absolute atomic E-state index is 0.0361. The average molecular weight is 732 g/mol. The van der Waals surface area contributed by atoms with Crippen LogP contribution in [0.4, 0.5) is 10.1 Å². The number of primary amides is 1. The summed E-state index contributed by atoms with van der Waals surface area (Å²) >= 11 is 0. The lowest BCUT2D eigenvalue weighted by molar-refractivity contribution is -0.156. The summed E-state index contributed by atoms with van der Waals surface area (Å²) in [5.74, 6) is -6.80. The smallest absolute Gasteiger partial charge is 0.255 e. The van der Waals surface area contributed by atoms with Crippen LogP contribution in [0.5, 0.6) is 5.75 Å². The summed E-state index contributed by atoms with van der Waals surface area (Å²) in [6.07, 6.45) is -0.235. The third kappa shape index (κ3) is 6.03. The van der Waals surface area contributed by atoms with Crippen LogP contribution in [0.3, 0.4) is 0 Å². The molecule has 54 heavy (non-hydrogen) atoms. The number of carbonyl (C=O) groups is 3. The van der Waals surface area contributed by atoms with Crippen molar-refractivity contribution in [2.24, 2.45) is 17.1 Å². The van der Waals surface area contributed by atoms with E-state index in [0.29, 0.717) is 18.8 Å². The van der Waals surface area contributed by atoms with Crippen LogP contribution in [0.15, 0.2) is 114 Å². The Kier molecular flexibility index (Phi) is 9.41. The molecular formula is C43H42FN3O7. The second-order valence-electron chi connectivity index (χ2n) is 14.9. The van der Waals surface area contributed by atoms with Gasteiger partial charge in [-0.25, -0.2) is 4.39 Å². The third-order valence-electron chi connectivity index (χ3n) is 11.0. The second-order valence-corrected chi connectivity index (χ2v) is 14.9. The van der Waals surface area contributed by atoms with Gasteiger partial charge in [0.05, 0.1) is 17.3 Å². The Morgan fingerprint density at radius 3 is 1.96 bits per heavy atom. The van der Waals surface area contributed by atoms with Crippen molar-refractivity contribution in [1.29, 1.82) is 0 Å². The zero-order chi connectivity index (χ0) is 38.5. The van der Waals surface area contributed by atoms with Crippen LogP contribution >= 0.6 is 0 Å². The number of nitrogens with two attached hydrogens (primary N) is 1. The van der Waals surface area contributed by atoms with Crippen molar-refractivity contribution < 1.29 is 38.8 Å². The van der Waals surface area contributed by atoms with Gasteiger partial charge in [-0.05, 0) is 43.6 Å². The average Bonchev–Trinajstić information content (AvgIpc) is 3.13. The number of ether oxygens (including phenoxy) is 1. The van der Waals surface area contributed by atoms with Gasteiger partial charge in [-0.3, -0.25) is 19.3 Å². The Morgan fingerprint density at radius 2 is 1.44 bits per heavy atom. The number of anilines is 1. The highest BCUT2D eigenvalue weighted by Gasteiger charge is 2.66. The number of aliphatic hydroxyl groups is 3. The highest BCUT2D eigenvalue weighted by Crippen LogP contribution is 2.59. The quantitative estimate of drug-likeness (QED) is 0.153. The molecule has 7 rings (SSSR count). The van der Waals surface area contributed by atoms with E-state index in [1.165, 1.54) is 11.0 Å². The molecule has 0 heterocycles. The van der Waals surface area contributed by atoms with Gasteiger partial charge in [-0.15, -0.1) is 0 Å². The van der Waals surface area contributed by atoms with Gasteiger partial charge in [0.15, 0.2) is 17.1 Å². The second kappa shape index (κ2) is 13.9. The molecule has 5 N–H and O–H groups in total. The largest absolute Gasteiger partial charge is 0.508 e. The predicted octanol–water partition coefficient (Wildman–Crippen LogP) is 5.57.